The fourth-order valence-corrected chi connectivity index (χ4v) is 2.33. The molecule has 0 aromatic heterocycles. The molecule has 3 N–H and O–H groups in total. The zero-order chi connectivity index (χ0) is 15.8. The molecule has 0 heterocycles. The molecule has 116 valence electrons. The molecule has 0 saturated carbocycles. The zero-order valence-corrected chi connectivity index (χ0v) is 13.1. The highest BCUT2D eigenvalue weighted by molar-refractivity contribution is 5.95. The van der Waals surface area contributed by atoms with Crippen molar-refractivity contribution in [3.8, 4) is 0 Å². The summed E-state index contributed by atoms with van der Waals surface area (Å²) >= 11 is 0. The number of carbonyl (C=O) groups is 1. The van der Waals surface area contributed by atoms with Crippen LogP contribution in [0.25, 0.3) is 0 Å². The summed E-state index contributed by atoms with van der Waals surface area (Å²) in [5, 5.41) is 2.97. The quantitative estimate of drug-likeness (QED) is 0.825. The topological polar surface area (TPSA) is 55.1 Å². The van der Waals surface area contributed by atoms with Crippen LogP contribution in [0.4, 0.5) is 0 Å². The first-order valence-electron chi connectivity index (χ1n) is 7.80. The number of carbonyl (C=O) groups excluding carboxylic acids is 1. The predicted molar refractivity (Wildman–Crippen MR) is 90.8 cm³/mol. The van der Waals surface area contributed by atoms with E-state index in [-0.39, 0.29) is 5.91 Å². The van der Waals surface area contributed by atoms with Crippen LogP contribution < -0.4 is 11.1 Å². The van der Waals surface area contributed by atoms with E-state index in [9.17, 15) is 4.79 Å². The van der Waals surface area contributed by atoms with Crippen LogP contribution in [-0.4, -0.2) is 19.0 Å². The summed E-state index contributed by atoms with van der Waals surface area (Å²) in [6.45, 7) is 3.22. The molecule has 22 heavy (non-hydrogen) atoms. The van der Waals surface area contributed by atoms with Crippen LogP contribution in [-0.2, 0) is 12.8 Å². The van der Waals surface area contributed by atoms with Gasteiger partial charge in [-0.3, -0.25) is 4.79 Å². The van der Waals surface area contributed by atoms with Gasteiger partial charge >= 0.3 is 0 Å². The average Bonchev–Trinajstić information content (AvgIpc) is 2.58. The van der Waals surface area contributed by atoms with E-state index >= 15 is 0 Å². The molecular weight excluding hydrogens is 272 g/mol. The maximum absolute atomic E-state index is 12.3. The summed E-state index contributed by atoms with van der Waals surface area (Å²) in [6, 6.07) is 18.2. The van der Waals surface area contributed by atoms with E-state index in [0.29, 0.717) is 19.0 Å². The Labute approximate surface area is 132 Å². The third-order valence-corrected chi connectivity index (χ3v) is 3.80. The first kappa shape index (κ1) is 16.2. The van der Waals surface area contributed by atoms with Crippen molar-refractivity contribution in [3.63, 3.8) is 0 Å². The average molecular weight is 296 g/mol. The molecule has 0 saturated heterocycles. The van der Waals surface area contributed by atoms with Gasteiger partial charge in [0, 0.05) is 12.1 Å². The van der Waals surface area contributed by atoms with Gasteiger partial charge in [-0.2, -0.15) is 0 Å². The molecule has 0 aliphatic rings. The van der Waals surface area contributed by atoms with Crippen molar-refractivity contribution in [2.24, 2.45) is 11.7 Å². The number of nitrogens with one attached hydrogen (secondary N) is 1. The lowest BCUT2D eigenvalue weighted by molar-refractivity contribution is 0.0947. The summed E-state index contributed by atoms with van der Waals surface area (Å²) in [6.07, 6.45) is 1.80. The molecule has 2 aromatic rings. The lowest BCUT2D eigenvalue weighted by Gasteiger charge is -2.13. The second-order valence-corrected chi connectivity index (χ2v) is 5.69. The molecule has 0 fully saturated rings. The van der Waals surface area contributed by atoms with Crippen LogP contribution >= 0.6 is 0 Å². The fraction of sp³-hybridized carbons (Fsp3) is 0.316. The number of rotatable bonds is 7. The number of nitrogens with two attached hydrogens (primary N) is 1. The molecule has 1 unspecified atom stereocenters. The molecule has 2 rings (SSSR count). The molecule has 3 nitrogen and oxygen atoms in total. The normalized spacial score (nSPS) is 11.9. The van der Waals surface area contributed by atoms with Gasteiger partial charge < -0.3 is 11.1 Å². The van der Waals surface area contributed by atoms with Crippen LogP contribution in [0.5, 0.6) is 0 Å². The Hall–Kier alpha value is -2.13. The first-order chi connectivity index (χ1) is 10.7. The predicted octanol–water partition coefficient (Wildman–Crippen LogP) is 2.80. The Morgan fingerprint density at radius 3 is 2.45 bits per heavy atom. The maximum atomic E-state index is 12.3. The van der Waals surface area contributed by atoms with Gasteiger partial charge in [-0.05, 0) is 42.5 Å². The van der Waals surface area contributed by atoms with E-state index in [2.05, 4.69) is 17.4 Å². The lowest BCUT2D eigenvalue weighted by atomic mass is 9.99. The summed E-state index contributed by atoms with van der Waals surface area (Å²) in [4.78, 5) is 12.3. The van der Waals surface area contributed by atoms with Crippen LogP contribution in [0, 0.1) is 5.92 Å². The minimum Gasteiger partial charge on any atom is -0.352 e. The minimum absolute atomic E-state index is 0.0102. The largest absolute Gasteiger partial charge is 0.352 e. The molecule has 1 atom stereocenters. The van der Waals surface area contributed by atoms with Crippen molar-refractivity contribution in [3.05, 3.63) is 71.3 Å². The first-order valence-corrected chi connectivity index (χ1v) is 7.80. The lowest BCUT2D eigenvalue weighted by Crippen LogP contribution is -2.31. The number of aryl methyl sites for hydroxylation is 2. The Kier molecular flexibility index (Phi) is 6.16. The molecular formula is C19H24N2O. The Balaban J connectivity index is 2.01. The third-order valence-electron chi connectivity index (χ3n) is 3.80. The number of hydrogen-bond donors (Lipinski definition) is 2. The monoisotopic (exact) mass is 296 g/mol. The van der Waals surface area contributed by atoms with Gasteiger partial charge in [0.25, 0.3) is 5.91 Å². The molecule has 0 aliphatic heterocycles. The van der Waals surface area contributed by atoms with E-state index in [1.54, 1.807) is 0 Å². The Morgan fingerprint density at radius 1 is 1.05 bits per heavy atom. The van der Waals surface area contributed by atoms with Gasteiger partial charge in [-0.15, -0.1) is 0 Å². The highest BCUT2D eigenvalue weighted by atomic mass is 16.1. The van der Waals surface area contributed by atoms with Crippen LogP contribution in [0.2, 0.25) is 0 Å². The minimum atomic E-state index is -0.0102. The molecule has 1 amide bonds. The Bertz CT molecular complexity index is 595. The third kappa shape index (κ3) is 4.71. The van der Waals surface area contributed by atoms with Crippen LogP contribution in [0.1, 0.15) is 28.4 Å². The van der Waals surface area contributed by atoms with Gasteiger partial charge in [-0.1, -0.05) is 55.5 Å². The molecule has 3 heteroatoms. The second-order valence-electron chi connectivity index (χ2n) is 5.69. The molecule has 0 radical (unpaired) electrons. The van der Waals surface area contributed by atoms with Gasteiger partial charge in [-0.25, -0.2) is 0 Å². The molecule has 0 bridgehead atoms. The Morgan fingerprint density at radius 2 is 1.73 bits per heavy atom. The van der Waals surface area contributed by atoms with E-state index in [1.807, 2.05) is 49.4 Å². The highest BCUT2D eigenvalue weighted by Crippen LogP contribution is 2.13. The van der Waals surface area contributed by atoms with Crippen molar-refractivity contribution in [2.75, 3.05) is 13.1 Å². The van der Waals surface area contributed by atoms with Gasteiger partial charge in [0.05, 0.1) is 0 Å². The van der Waals surface area contributed by atoms with E-state index < -0.39 is 0 Å². The fourth-order valence-electron chi connectivity index (χ4n) is 2.33. The van der Waals surface area contributed by atoms with Crippen molar-refractivity contribution in [2.45, 2.75) is 19.8 Å². The number of benzene rings is 2. The van der Waals surface area contributed by atoms with Crippen molar-refractivity contribution >= 4 is 5.91 Å². The summed E-state index contributed by atoms with van der Waals surface area (Å²) < 4.78 is 0. The van der Waals surface area contributed by atoms with E-state index in [1.165, 1.54) is 5.56 Å². The van der Waals surface area contributed by atoms with Gasteiger partial charge in [0.2, 0.25) is 0 Å². The molecule has 0 spiro atoms. The van der Waals surface area contributed by atoms with Crippen LogP contribution in [0.3, 0.4) is 0 Å². The smallest absolute Gasteiger partial charge is 0.251 e. The van der Waals surface area contributed by atoms with Crippen molar-refractivity contribution in [1.82, 2.24) is 5.32 Å². The van der Waals surface area contributed by atoms with Crippen molar-refractivity contribution < 1.29 is 4.79 Å². The van der Waals surface area contributed by atoms with E-state index in [4.69, 9.17) is 5.73 Å². The standard InChI is InChI=1S/C19H24N2O/c1-15(13-20)14-21-19(22)18-10-6-5-9-17(18)12-11-16-7-3-2-4-8-16/h2-10,15H,11-14,20H2,1H3,(H,21,22). The highest BCUT2D eigenvalue weighted by Gasteiger charge is 2.11. The maximum Gasteiger partial charge on any atom is 0.251 e. The number of amides is 1. The van der Waals surface area contributed by atoms with E-state index in [0.717, 1.165) is 24.0 Å². The van der Waals surface area contributed by atoms with Gasteiger partial charge in [0.1, 0.15) is 0 Å². The molecule has 2 aromatic carbocycles. The van der Waals surface area contributed by atoms with Crippen LogP contribution in [0.15, 0.2) is 54.6 Å². The summed E-state index contributed by atoms with van der Waals surface area (Å²) in [5.74, 6) is 0.282. The molecule has 0 aliphatic carbocycles. The second kappa shape index (κ2) is 8.35. The SMILES string of the molecule is CC(CN)CNC(=O)c1ccccc1CCc1ccccc1. The summed E-state index contributed by atoms with van der Waals surface area (Å²) in [7, 11) is 0. The zero-order valence-electron chi connectivity index (χ0n) is 13.1. The van der Waals surface area contributed by atoms with Crippen molar-refractivity contribution in [1.29, 1.82) is 0 Å². The number of hydrogen-bond acceptors (Lipinski definition) is 2. The van der Waals surface area contributed by atoms with Gasteiger partial charge in [0.15, 0.2) is 0 Å². The summed E-state index contributed by atoms with van der Waals surface area (Å²) in [5.41, 5.74) is 8.73.